The molecule has 7 atom stereocenters. The van der Waals surface area contributed by atoms with E-state index in [1.165, 1.54) is 18.3 Å². The maximum absolute atomic E-state index is 15.0. The number of allylic oxidation sites excluding steroid dienone is 2. The fraction of sp³-hybridized carbons (Fsp3) is 0.615. The van der Waals surface area contributed by atoms with Crippen LogP contribution in [-0.4, -0.2) is 55.4 Å². The third kappa shape index (κ3) is 5.74. The van der Waals surface area contributed by atoms with Crippen LogP contribution in [-0.2, 0) is 14.2 Å². The van der Waals surface area contributed by atoms with E-state index >= 15 is 8.78 Å². The lowest BCUT2D eigenvalue weighted by Gasteiger charge is -2.55. The van der Waals surface area contributed by atoms with Gasteiger partial charge in [-0.3, -0.25) is 0 Å². The van der Waals surface area contributed by atoms with E-state index in [0.29, 0.717) is 44.5 Å². The number of halogens is 5. The highest BCUT2D eigenvalue weighted by molar-refractivity contribution is 5.90. The number of carbonyl (C=O) groups is 1. The highest BCUT2D eigenvalue weighted by Gasteiger charge is 2.71. The first kappa shape index (κ1) is 34.6. The van der Waals surface area contributed by atoms with E-state index in [-0.39, 0.29) is 36.0 Å². The lowest BCUT2D eigenvalue weighted by Crippen LogP contribution is -2.52. The summed E-state index contributed by atoms with van der Waals surface area (Å²) in [6.07, 6.45) is -4.11. The van der Waals surface area contributed by atoms with E-state index in [1.807, 2.05) is 36.4 Å². The predicted molar refractivity (Wildman–Crippen MR) is 173 cm³/mol. The number of fused-ring (bicyclic) bond motifs is 4. The summed E-state index contributed by atoms with van der Waals surface area (Å²) in [5, 5.41) is 11.4. The molecule has 5 nitrogen and oxygen atoms in total. The molecule has 0 bridgehead atoms. The Hall–Kier alpha value is -2.82. The van der Waals surface area contributed by atoms with Gasteiger partial charge in [0.2, 0.25) is 0 Å². The number of hydrogen-bond donors (Lipinski definition) is 1. The van der Waals surface area contributed by atoms with E-state index < -0.39 is 47.2 Å². The fourth-order valence-electron chi connectivity index (χ4n) is 9.93. The molecule has 1 N–H and O–H groups in total. The van der Waals surface area contributed by atoms with Crippen molar-refractivity contribution in [2.24, 2.45) is 34.5 Å². The summed E-state index contributed by atoms with van der Waals surface area (Å²) in [5.74, 6) is -9.04. The van der Waals surface area contributed by atoms with Crippen LogP contribution in [0.2, 0.25) is 0 Å². The van der Waals surface area contributed by atoms with Gasteiger partial charge in [0.25, 0.3) is 0 Å². The van der Waals surface area contributed by atoms with Crippen molar-refractivity contribution in [1.82, 2.24) is 0 Å². The summed E-state index contributed by atoms with van der Waals surface area (Å²) in [6.45, 7) is 7.15. The number of ether oxygens (including phenoxy) is 3. The van der Waals surface area contributed by atoms with E-state index in [4.69, 9.17) is 14.2 Å². The predicted octanol–water partition coefficient (Wildman–Crippen LogP) is 9.10. The number of aliphatic hydroxyl groups is 1. The largest absolute Gasteiger partial charge is 0.465 e. The van der Waals surface area contributed by atoms with E-state index in [0.717, 1.165) is 23.1 Å². The second-order valence-electron chi connectivity index (χ2n) is 16.2. The van der Waals surface area contributed by atoms with Crippen LogP contribution in [0.15, 0.2) is 59.7 Å². The number of alkyl halides is 5. The van der Waals surface area contributed by atoms with Crippen LogP contribution >= 0.6 is 0 Å². The SMILES string of the molecule is COC(=O)c1ccc(-c2ccc(C3CC4(C)C(O)C(C(F)(F)C(F)(F)F)CC4C4CCC5CC6(CCC5=C34)OCC(C)(C)CO6)cc2)cc1. The number of rotatable bonds is 4. The Balaban J connectivity index is 1.26. The number of carbonyl (C=O) groups excluding carboxylic acids is 1. The van der Waals surface area contributed by atoms with Crippen LogP contribution in [0.4, 0.5) is 22.0 Å². The molecule has 2 aromatic rings. The lowest BCUT2D eigenvalue weighted by atomic mass is 9.52. The molecule has 0 aromatic heterocycles. The summed E-state index contributed by atoms with van der Waals surface area (Å²) in [5.41, 5.74) is 4.44. The van der Waals surface area contributed by atoms with Crippen LogP contribution in [0.3, 0.4) is 0 Å². The molecule has 7 rings (SSSR count). The Morgan fingerprint density at radius 2 is 1.51 bits per heavy atom. The van der Waals surface area contributed by atoms with Crippen molar-refractivity contribution in [2.75, 3.05) is 20.3 Å². The van der Waals surface area contributed by atoms with E-state index in [2.05, 4.69) is 13.8 Å². The van der Waals surface area contributed by atoms with Crippen molar-refractivity contribution in [1.29, 1.82) is 0 Å². The van der Waals surface area contributed by atoms with Crippen LogP contribution in [0.1, 0.15) is 87.6 Å². The van der Waals surface area contributed by atoms with Gasteiger partial charge in [0.05, 0.1) is 37.9 Å². The first-order valence-corrected chi connectivity index (χ1v) is 17.4. The molecule has 1 saturated heterocycles. The number of methoxy groups -OCH3 is 1. The van der Waals surface area contributed by atoms with Gasteiger partial charge >= 0.3 is 18.1 Å². The first-order chi connectivity index (χ1) is 23.0. The zero-order chi connectivity index (χ0) is 35.1. The van der Waals surface area contributed by atoms with Gasteiger partial charge in [-0.1, -0.05) is 68.3 Å². The fourth-order valence-corrected chi connectivity index (χ4v) is 9.93. The standard InChI is InChI=1S/C39H45F5O5/c1-35(2)20-48-37(49-21-35)16-15-27-26(18-37)13-14-28-30-17-31(38(40,41)39(42,43)44)33(45)36(30,3)19-29(32(27)28)24-9-5-22(6-10-24)23-7-11-25(12-8-23)34(46)47-4/h5-12,26,28-31,33,45H,13-21H2,1-4H3. The smallest absolute Gasteiger partial charge is 0.453 e. The quantitative estimate of drug-likeness (QED) is 0.197. The second kappa shape index (κ2) is 11.9. The maximum atomic E-state index is 15.0. The molecule has 0 radical (unpaired) electrons. The minimum atomic E-state index is -5.74. The van der Waals surface area contributed by atoms with Gasteiger partial charge in [-0.05, 0) is 84.1 Å². The zero-order valence-electron chi connectivity index (χ0n) is 28.4. The first-order valence-electron chi connectivity index (χ1n) is 17.4. The number of aliphatic hydroxyl groups excluding tert-OH is 1. The van der Waals surface area contributed by atoms with Gasteiger partial charge < -0.3 is 19.3 Å². The van der Waals surface area contributed by atoms with Crippen LogP contribution in [0.5, 0.6) is 0 Å². The molecule has 49 heavy (non-hydrogen) atoms. The normalized spacial score (nSPS) is 33.8. The molecular weight excluding hydrogens is 643 g/mol. The lowest BCUT2D eigenvalue weighted by molar-refractivity contribution is -0.312. The highest BCUT2D eigenvalue weighted by atomic mass is 19.4. The third-order valence-electron chi connectivity index (χ3n) is 12.6. The average molecular weight is 689 g/mol. The Morgan fingerprint density at radius 1 is 0.898 bits per heavy atom. The minimum Gasteiger partial charge on any atom is -0.465 e. The van der Waals surface area contributed by atoms with Crippen molar-refractivity contribution < 1.29 is 46.1 Å². The summed E-state index contributed by atoms with van der Waals surface area (Å²) in [4.78, 5) is 11.9. The van der Waals surface area contributed by atoms with Gasteiger partial charge in [0.1, 0.15) is 0 Å². The molecular formula is C39H45F5O5. The number of esters is 1. The van der Waals surface area contributed by atoms with Gasteiger partial charge in [-0.15, -0.1) is 0 Å². The summed E-state index contributed by atoms with van der Waals surface area (Å²) >= 11 is 0. The molecule has 4 fully saturated rings. The summed E-state index contributed by atoms with van der Waals surface area (Å²) in [7, 11) is 1.33. The Bertz CT molecular complexity index is 1600. The van der Waals surface area contributed by atoms with Crippen molar-refractivity contribution in [3.05, 3.63) is 70.8 Å². The van der Waals surface area contributed by atoms with Gasteiger partial charge in [0.15, 0.2) is 5.79 Å². The monoisotopic (exact) mass is 688 g/mol. The zero-order valence-corrected chi connectivity index (χ0v) is 28.4. The molecule has 10 heteroatoms. The maximum Gasteiger partial charge on any atom is 0.453 e. The van der Waals surface area contributed by atoms with Crippen LogP contribution in [0, 0.1) is 34.5 Å². The van der Waals surface area contributed by atoms with Crippen molar-refractivity contribution in [2.45, 2.75) is 95.6 Å². The van der Waals surface area contributed by atoms with Gasteiger partial charge in [0, 0.05) is 24.2 Å². The molecule has 7 unspecified atom stereocenters. The number of hydrogen-bond acceptors (Lipinski definition) is 5. The second-order valence-corrected chi connectivity index (χ2v) is 16.2. The van der Waals surface area contributed by atoms with Crippen molar-refractivity contribution in [3.63, 3.8) is 0 Å². The molecule has 1 aliphatic heterocycles. The van der Waals surface area contributed by atoms with Gasteiger partial charge in [-0.2, -0.15) is 22.0 Å². The molecule has 5 aliphatic rings. The average Bonchev–Trinajstić information content (AvgIpc) is 3.35. The minimum absolute atomic E-state index is 0.0749. The molecule has 4 aliphatic carbocycles. The summed E-state index contributed by atoms with van der Waals surface area (Å²) in [6, 6.07) is 15.0. The Morgan fingerprint density at radius 3 is 2.10 bits per heavy atom. The molecule has 266 valence electrons. The number of benzene rings is 2. The van der Waals surface area contributed by atoms with E-state index in [1.54, 1.807) is 19.1 Å². The topological polar surface area (TPSA) is 65.0 Å². The third-order valence-corrected chi connectivity index (χ3v) is 12.6. The molecule has 1 heterocycles. The molecule has 0 amide bonds. The summed E-state index contributed by atoms with van der Waals surface area (Å²) < 4.78 is 88.8. The molecule has 3 saturated carbocycles. The van der Waals surface area contributed by atoms with Gasteiger partial charge in [-0.25, -0.2) is 4.79 Å². The van der Waals surface area contributed by atoms with Crippen LogP contribution in [0.25, 0.3) is 11.1 Å². The molecule has 2 aromatic carbocycles. The van der Waals surface area contributed by atoms with Crippen LogP contribution < -0.4 is 0 Å². The highest BCUT2D eigenvalue weighted by Crippen LogP contribution is 2.68. The van der Waals surface area contributed by atoms with Crippen molar-refractivity contribution >= 4 is 5.97 Å². The Labute approximate surface area is 284 Å². The Kier molecular flexibility index (Phi) is 8.39. The van der Waals surface area contributed by atoms with E-state index in [9.17, 15) is 23.1 Å². The van der Waals surface area contributed by atoms with Crippen molar-refractivity contribution in [3.8, 4) is 11.1 Å². The molecule has 1 spiro atoms.